The Kier molecular flexibility index (Phi) is 7.63. The monoisotopic (exact) mass is 457 g/mol. The van der Waals surface area contributed by atoms with Crippen LogP contribution in [0.15, 0.2) is 72.8 Å². The molecule has 5 heteroatoms. The van der Waals surface area contributed by atoms with Crippen LogP contribution in [0.1, 0.15) is 42.9 Å². The Balaban J connectivity index is 1.46. The summed E-state index contributed by atoms with van der Waals surface area (Å²) in [5.74, 6) is 0.658. The second-order valence-corrected chi connectivity index (χ2v) is 9.56. The van der Waals surface area contributed by atoms with E-state index in [4.69, 9.17) is 0 Å². The molecule has 0 aliphatic carbocycles. The van der Waals surface area contributed by atoms with Crippen LogP contribution in [0.3, 0.4) is 0 Å². The van der Waals surface area contributed by atoms with Crippen molar-refractivity contribution in [3.8, 4) is 0 Å². The van der Waals surface area contributed by atoms with Crippen LogP contribution >= 0.6 is 0 Å². The number of nitrogens with one attached hydrogen (secondary N) is 1. The Morgan fingerprint density at radius 2 is 1.65 bits per heavy atom. The van der Waals surface area contributed by atoms with Gasteiger partial charge in [0.1, 0.15) is 0 Å². The van der Waals surface area contributed by atoms with Crippen LogP contribution in [0, 0.1) is 5.92 Å². The Morgan fingerprint density at radius 3 is 2.41 bits per heavy atom. The third-order valence-electron chi connectivity index (χ3n) is 7.05. The van der Waals surface area contributed by atoms with Gasteiger partial charge in [0.15, 0.2) is 0 Å². The van der Waals surface area contributed by atoms with Gasteiger partial charge in [0.2, 0.25) is 11.8 Å². The predicted molar refractivity (Wildman–Crippen MR) is 138 cm³/mol. The number of benzene rings is 3. The van der Waals surface area contributed by atoms with Crippen LogP contribution in [0.2, 0.25) is 0 Å². The molecule has 1 heterocycles. The average molecular weight is 458 g/mol. The summed E-state index contributed by atoms with van der Waals surface area (Å²) in [6.07, 6.45) is 0.532. The van der Waals surface area contributed by atoms with E-state index in [2.05, 4.69) is 79.0 Å². The molecule has 0 unspecified atom stereocenters. The Labute approximate surface area is 202 Å². The summed E-state index contributed by atoms with van der Waals surface area (Å²) < 4.78 is 0. The number of hydrogen-bond donors (Lipinski definition) is 1. The molecule has 3 aromatic rings. The summed E-state index contributed by atoms with van der Waals surface area (Å²) in [5.41, 5.74) is 2.56. The van der Waals surface area contributed by atoms with E-state index in [9.17, 15) is 9.59 Å². The van der Waals surface area contributed by atoms with Gasteiger partial charge in [0.05, 0.1) is 0 Å². The van der Waals surface area contributed by atoms with Crippen molar-refractivity contribution in [1.29, 1.82) is 0 Å². The van der Waals surface area contributed by atoms with E-state index in [1.807, 2.05) is 11.0 Å². The minimum absolute atomic E-state index is 0.00529. The number of likely N-dealkylation sites (tertiary alicyclic amines) is 1. The highest BCUT2D eigenvalue weighted by atomic mass is 16.2. The van der Waals surface area contributed by atoms with Crippen molar-refractivity contribution in [3.63, 3.8) is 0 Å². The highest BCUT2D eigenvalue weighted by Crippen LogP contribution is 2.33. The number of nitrogens with zero attached hydrogens (tertiary/aromatic N) is 2. The molecule has 0 bridgehead atoms. The van der Waals surface area contributed by atoms with E-state index in [1.165, 1.54) is 21.9 Å². The van der Waals surface area contributed by atoms with Crippen molar-refractivity contribution in [2.45, 2.75) is 31.7 Å². The predicted octanol–water partition coefficient (Wildman–Crippen LogP) is 4.60. The molecule has 3 aromatic carbocycles. The number of amides is 2. The van der Waals surface area contributed by atoms with Crippen molar-refractivity contribution in [1.82, 2.24) is 15.1 Å². The summed E-state index contributed by atoms with van der Waals surface area (Å²) in [6, 6.07) is 25.7. The van der Waals surface area contributed by atoms with E-state index in [0.717, 1.165) is 6.54 Å². The van der Waals surface area contributed by atoms with Gasteiger partial charge in [-0.05, 0) is 34.7 Å². The number of hydrogen-bond acceptors (Lipinski definition) is 3. The highest BCUT2D eigenvalue weighted by Gasteiger charge is 2.36. The normalized spacial score (nSPS) is 18.7. The number of carbonyl (C=O) groups is 2. The Hall–Kier alpha value is -3.18. The molecule has 0 aromatic heterocycles. The van der Waals surface area contributed by atoms with Crippen molar-refractivity contribution < 1.29 is 9.59 Å². The summed E-state index contributed by atoms with van der Waals surface area (Å²) in [6.45, 7) is 4.45. The lowest BCUT2D eigenvalue weighted by Crippen LogP contribution is -2.32. The minimum Gasteiger partial charge on any atom is -0.349 e. The van der Waals surface area contributed by atoms with Crippen LogP contribution in [-0.4, -0.2) is 55.3 Å². The third kappa shape index (κ3) is 5.48. The minimum atomic E-state index is -0.00529. The van der Waals surface area contributed by atoms with Gasteiger partial charge in [0, 0.05) is 58.5 Å². The zero-order valence-electron chi connectivity index (χ0n) is 20.4. The molecule has 0 radical (unpaired) electrons. The molecule has 2 amide bonds. The smallest absolute Gasteiger partial charge is 0.223 e. The van der Waals surface area contributed by atoms with E-state index < -0.39 is 0 Å². The zero-order valence-corrected chi connectivity index (χ0v) is 20.4. The van der Waals surface area contributed by atoms with Gasteiger partial charge in [-0.1, -0.05) is 72.8 Å². The third-order valence-corrected chi connectivity index (χ3v) is 7.05. The van der Waals surface area contributed by atoms with Crippen molar-refractivity contribution in [2.75, 3.05) is 33.7 Å². The van der Waals surface area contributed by atoms with Crippen LogP contribution in [0.5, 0.6) is 0 Å². The van der Waals surface area contributed by atoms with E-state index in [1.54, 1.807) is 19.0 Å². The Morgan fingerprint density at radius 1 is 0.941 bits per heavy atom. The van der Waals surface area contributed by atoms with E-state index in [0.29, 0.717) is 19.0 Å². The maximum absolute atomic E-state index is 12.9. The van der Waals surface area contributed by atoms with Gasteiger partial charge < -0.3 is 15.1 Å². The fourth-order valence-electron chi connectivity index (χ4n) is 5.02. The zero-order chi connectivity index (χ0) is 24.1. The molecular formula is C29H35N3O2. The number of rotatable bonds is 8. The quantitative estimate of drug-likeness (QED) is 0.538. The van der Waals surface area contributed by atoms with Gasteiger partial charge in [0.25, 0.3) is 0 Å². The molecule has 1 saturated heterocycles. The lowest BCUT2D eigenvalue weighted by molar-refractivity contribution is -0.135. The molecule has 0 spiro atoms. The molecule has 178 valence electrons. The van der Waals surface area contributed by atoms with Crippen LogP contribution in [-0.2, 0) is 9.59 Å². The first-order valence-electron chi connectivity index (χ1n) is 12.2. The van der Waals surface area contributed by atoms with Crippen LogP contribution in [0.25, 0.3) is 10.8 Å². The maximum atomic E-state index is 12.9. The first-order valence-corrected chi connectivity index (χ1v) is 12.2. The summed E-state index contributed by atoms with van der Waals surface area (Å²) in [4.78, 5) is 28.4. The first-order chi connectivity index (χ1) is 16.4. The number of carbonyl (C=O) groups excluding carboxylic acids is 2. The molecule has 1 aliphatic heterocycles. The van der Waals surface area contributed by atoms with E-state index in [-0.39, 0.29) is 36.6 Å². The summed E-state index contributed by atoms with van der Waals surface area (Å²) in [5, 5.41) is 6.29. The largest absolute Gasteiger partial charge is 0.349 e. The fraction of sp³-hybridized carbons (Fsp3) is 0.379. The van der Waals surface area contributed by atoms with Crippen molar-refractivity contribution in [3.05, 3.63) is 83.9 Å². The average Bonchev–Trinajstić information content (AvgIpc) is 3.30. The second-order valence-electron chi connectivity index (χ2n) is 9.56. The molecular weight excluding hydrogens is 422 g/mol. The molecule has 3 atom stereocenters. The molecule has 5 nitrogen and oxygen atoms in total. The summed E-state index contributed by atoms with van der Waals surface area (Å²) >= 11 is 0. The fourth-order valence-corrected chi connectivity index (χ4v) is 5.02. The lowest BCUT2D eigenvalue weighted by atomic mass is 9.88. The van der Waals surface area contributed by atoms with Gasteiger partial charge in [-0.2, -0.15) is 0 Å². The maximum Gasteiger partial charge on any atom is 0.223 e. The molecule has 4 rings (SSSR count). The van der Waals surface area contributed by atoms with Crippen LogP contribution < -0.4 is 5.32 Å². The molecule has 34 heavy (non-hydrogen) atoms. The van der Waals surface area contributed by atoms with Crippen LogP contribution in [0.4, 0.5) is 0 Å². The van der Waals surface area contributed by atoms with E-state index >= 15 is 0 Å². The summed E-state index contributed by atoms with van der Waals surface area (Å²) in [7, 11) is 3.46. The second kappa shape index (κ2) is 10.8. The molecule has 1 fully saturated rings. The topological polar surface area (TPSA) is 52.7 Å². The first kappa shape index (κ1) is 24.0. The van der Waals surface area contributed by atoms with Gasteiger partial charge in [-0.15, -0.1) is 0 Å². The Bertz CT molecular complexity index is 1120. The molecule has 0 saturated carbocycles. The standard InChI is InChI=1S/C29H35N3O2/c1-21(25-15-9-13-22-12-7-8-14-26(22)25)30-18-24-19-32(29(34)17-16-28(33)31(2)3)20-27(24)23-10-5-4-6-11-23/h4-15,21,24,27,30H,16-20H2,1-3H3/t21-,24+,27-/m1/s1. The highest BCUT2D eigenvalue weighted by molar-refractivity contribution is 5.86. The SMILES string of the molecule is C[C@@H](NC[C@H]1CN(C(=O)CCC(=O)N(C)C)C[C@@H]1c1ccccc1)c1cccc2ccccc12. The van der Waals surface area contributed by atoms with Gasteiger partial charge in [-0.3, -0.25) is 9.59 Å². The number of fused-ring (bicyclic) bond motifs is 1. The van der Waals surface area contributed by atoms with Gasteiger partial charge >= 0.3 is 0 Å². The van der Waals surface area contributed by atoms with Crippen molar-refractivity contribution >= 4 is 22.6 Å². The molecule has 1 aliphatic rings. The van der Waals surface area contributed by atoms with Gasteiger partial charge in [-0.25, -0.2) is 0 Å². The van der Waals surface area contributed by atoms with Crippen molar-refractivity contribution in [2.24, 2.45) is 5.92 Å². The lowest BCUT2D eigenvalue weighted by Gasteiger charge is -2.23. The molecule has 1 N–H and O–H groups in total.